The number of halogens is 1. The standard InChI is InChI=1S/C20H23FN2O3/c1-20(2,3)26-19(25)23-17-9-7-15(8-10-17)18(24)22-12-11-14-5-4-6-16(21)13-14/h4-10,13H,11-12H2,1-3H3,(H,22,24)(H,23,25). The van der Waals surface area contributed by atoms with Crippen LogP contribution in [0, 0.1) is 5.82 Å². The first-order valence-corrected chi connectivity index (χ1v) is 8.36. The summed E-state index contributed by atoms with van der Waals surface area (Å²) in [6.45, 7) is 5.75. The maximum absolute atomic E-state index is 13.1. The molecule has 0 aromatic heterocycles. The van der Waals surface area contributed by atoms with Gasteiger partial charge in [-0.05, 0) is 69.2 Å². The quantitative estimate of drug-likeness (QED) is 0.844. The van der Waals surface area contributed by atoms with Crippen LogP contribution in [0.15, 0.2) is 48.5 Å². The van der Waals surface area contributed by atoms with Gasteiger partial charge in [0.15, 0.2) is 0 Å². The van der Waals surface area contributed by atoms with Crippen molar-refractivity contribution in [3.05, 3.63) is 65.5 Å². The van der Waals surface area contributed by atoms with E-state index < -0.39 is 11.7 Å². The molecule has 0 unspecified atom stereocenters. The summed E-state index contributed by atoms with van der Waals surface area (Å²) < 4.78 is 18.3. The topological polar surface area (TPSA) is 67.4 Å². The number of amides is 2. The minimum Gasteiger partial charge on any atom is -0.444 e. The molecule has 0 aliphatic heterocycles. The van der Waals surface area contributed by atoms with Gasteiger partial charge in [-0.3, -0.25) is 10.1 Å². The van der Waals surface area contributed by atoms with Gasteiger partial charge in [-0.25, -0.2) is 9.18 Å². The first-order valence-electron chi connectivity index (χ1n) is 8.36. The molecule has 2 aromatic carbocycles. The van der Waals surface area contributed by atoms with Crippen molar-refractivity contribution in [1.82, 2.24) is 5.32 Å². The van der Waals surface area contributed by atoms with Crippen LogP contribution >= 0.6 is 0 Å². The predicted molar refractivity (Wildman–Crippen MR) is 98.7 cm³/mol. The Hall–Kier alpha value is -2.89. The van der Waals surface area contributed by atoms with Gasteiger partial charge in [-0.2, -0.15) is 0 Å². The third-order valence-corrected chi connectivity index (χ3v) is 3.38. The smallest absolute Gasteiger partial charge is 0.412 e. The van der Waals surface area contributed by atoms with Gasteiger partial charge in [0.25, 0.3) is 5.91 Å². The van der Waals surface area contributed by atoms with Gasteiger partial charge in [-0.1, -0.05) is 12.1 Å². The van der Waals surface area contributed by atoms with Crippen LogP contribution in [0.25, 0.3) is 0 Å². The van der Waals surface area contributed by atoms with E-state index in [2.05, 4.69) is 10.6 Å². The van der Waals surface area contributed by atoms with Gasteiger partial charge in [0.05, 0.1) is 0 Å². The summed E-state index contributed by atoms with van der Waals surface area (Å²) in [5.74, 6) is -0.521. The number of carbonyl (C=O) groups is 2. The van der Waals surface area contributed by atoms with Gasteiger partial charge in [-0.15, -0.1) is 0 Å². The molecule has 138 valence electrons. The number of ether oxygens (including phenoxy) is 1. The second-order valence-electron chi connectivity index (χ2n) is 6.84. The van der Waals surface area contributed by atoms with Crippen LogP contribution in [0.3, 0.4) is 0 Å². The fraction of sp³-hybridized carbons (Fsp3) is 0.300. The fourth-order valence-electron chi connectivity index (χ4n) is 2.24. The van der Waals surface area contributed by atoms with Gasteiger partial charge in [0.2, 0.25) is 0 Å². The predicted octanol–water partition coefficient (Wildman–Crippen LogP) is 4.15. The lowest BCUT2D eigenvalue weighted by Crippen LogP contribution is -2.27. The Morgan fingerprint density at radius 2 is 1.77 bits per heavy atom. The molecule has 26 heavy (non-hydrogen) atoms. The molecule has 0 saturated carbocycles. The summed E-state index contributed by atoms with van der Waals surface area (Å²) in [5, 5.41) is 5.39. The summed E-state index contributed by atoms with van der Waals surface area (Å²) in [7, 11) is 0. The largest absolute Gasteiger partial charge is 0.444 e. The second kappa shape index (κ2) is 8.47. The summed E-state index contributed by atoms with van der Waals surface area (Å²) >= 11 is 0. The van der Waals surface area contributed by atoms with Gasteiger partial charge < -0.3 is 10.1 Å². The first-order chi connectivity index (χ1) is 12.2. The third-order valence-electron chi connectivity index (χ3n) is 3.38. The average molecular weight is 358 g/mol. The number of benzene rings is 2. The number of hydrogen-bond donors (Lipinski definition) is 2. The molecule has 2 amide bonds. The van der Waals surface area contributed by atoms with E-state index in [4.69, 9.17) is 4.74 Å². The van der Waals surface area contributed by atoms with E-state index in [1.165, 1.54) is 12.1 Å². The van der Waals surface area contributed by atoms with Crippen LogP contribution < -0.4 is 10.6 Å². The molecule has 5 nitrogen and oxygen atoms in total. The van der Waals surface area contributed by atoms with E-state index in [1.807, 2.05) is 6.07 Å². The van der Waals surface area contributed by atoms with Gasteiger partial charge >= 0.3 is 6.09 Å². The minimum absolute atomic E-state index is 0.231. The van der Waals surface area contributed by atoms with Gasteiger partial charge in [0.1, 0.15) is 11.4 Å². The Balaban J connectivity index is 1.83. The van der Waals surface area contributed by atoms with E-state index in [-0.39, 0.29) is 11.7 Å². The molecule has 0 atom stereocenters. The van der Waals surface area contributed by atoms with Gasteiger partial charge in [0, 0.05) is 17.8 Å². The molecule has 0 spiro atoms. The summed E-state index contributed by atoms with van der Waals surface area (Å²) in [6, 6.07) is 12.8. The molecule has 2 aromatic rings. The van der Waals surface area contributed by atoms with Crippen LogP contribution in [0.1, 0.15) is 36.7 Å². The second-order valence-corrected chi connectivity index (χ2v) is 6.84. The highest BCUT2D eigenvalue weighted by Crippen LogP contribution is 2.13. The summed E-state index contributed by atoms with van der Waals surface area (Å²) in [4.78, 5) is 23.8. The molecule has 2 N–H and O–H groups in total. The molecule has 0 aliphatic carbocycles. The number of anilines is 1. The highest BCUT2D eigenvalue weighted by Gasteiger charge is 2.16. The Kier molecular flexibility index (Phi) is 6.33. The van der Waals surface area contributed by atoms with E-state index in [1.54, 1.807) is 51.1 Å². The fourth-order valence-corrected chi connectivity index (χ4v) is 2.24. The average Bonchev–Trinajstić information content (AvgIpc) is 2.53. The van der Waals surface area contributed by atoms with Crippen LogP contribution in [-0.2, 0) is 11.2 Å². The zero-order chi connectivity index (χ0) is 19.2. The normalized spacial score (nSPS) is 10.9. The highest BCUT2D eigenvalue weighted by molar-refractivity contribution is 5.95. The first kappa shape index (κ1) is 19.4. The Labute approximate surface area is 152 Å². The van der Waals surface area contributed by atoms with Crippen LogP contribution in [0.4, 0.5) is 14.9 Å². The van der Waals surface area contributed by atoms with E-state index >= 15 is 0 Å². The Morgan fingerprint density at radius 3 is 2.38 bits per heavy atom. The summed E-state index contributed by atoms with van der Waals surface area (Å²) in [5.41, 5.74) is 1.25. The minimum atomic E-state index is -0.578. The van der Waals surface area contributed by atoms with E-state index in [0.29, 0.717) is 24.2 Å². The maximum atomic E-state index is 13.1. The molecule has 0 radical (unpaired) electrons. The molecule has 6 heteroatoms. The van der Waals surface area contributed by atoms with Crippen LogP contribution in [0.5, 0.6) is 0 Å². The number of rotatable bonds is 5. The van der Waals surface area contributed by atoms with Crippen molar-refractivity contribution in [2.75, 3.05) is 11.9 Å². The van der Waals surface area contributed by atoms with E-state index in [0.717, 1.165) is 5.56 Å². The SMILES string of the molecule is CC(C)(C)OC(=O)Nc1ccc(C(=O)NCCc2cccc(F)c2)cc1. The van der Waals surface area contributed by atoms with Crippen molar-refractivity contribution in [1.29, 1.82) is 0 Å². The zero-order valence-electron chi connectivity index (χ0n) is 15.1. The lowest BCUT2D eigenvalue weighted by molar-refractivity contribution is 0.0635. The van der Waals surface area contributed by atoms with Crippen molar-refractivity contribution >= 4 is 17.7 Å². The van der Waals surface area contributed by atoms with Crippen molar-refractivity contribution in [3.8, 4) is 0 Å². The Morgan fingerprint density at radius 1 is 1.08 bits per heavy atom. The lowest BCUT2D eigenvalue weighted by atomic mass is 10.1. The molecule has 0 fully saturated rings. The molecule has 0 bridgehead atoms. The van der Waals surface area contributed by atoms with Crippen molar-refractivity contribution < 1.29 is 18.7 Å². The monoisotopic (exact) mass is 358 g/mol. The molecule has 0 heterocycles. The summed E-state index contributed by atoms with van der Waals surface area (Å²) in [6.07, 6.45) is -0.00768. The molecule has 2 rings (SSSR count). The van der Waals surface area contributed by atoms with E-state index in [9.17, 15) is 14.0 Å². The highest BCUT2D eigenvalue weighted by atomic mass is 19.1. The lowest BCUT2D eigenvalue weighted by Gasteiger charge is -2.19. The third kappa shape index (κ3) is 6.55. The maximum Gasteiger partial charge on any atom is 0.412 e. The molecule has 0 aliphatic rings. The van der Waals surface area contributed by atoms with Crippen molar-refractivity contribution in [2.45, 2.75) is 32.8 Å². The van der Waals surface area contributed by atoms with Crippen LogP contribution in [0.2, 0.25) is 0 Å². The molecular formula is C20H23FN2O3. The number of nitrogens with one attached hydrogen (secondary N) is 2. The number of carbonyl (C=O) groups excluding carboxylic acids is 2. The Bertz CT molecular complexity index is 767. The van der Waals surface area contributed by atoms with Crippen molar-refractivity contribution in [2.24, 2.45) is 0 Å². The molecule has 0 saturated heterocycles. The van der Waals surface area contributed by atoms with Crippen molar-refractivity contribution in [3.63, 3.8) is 0 Å². The molecular weight excluding hydrogens is 335 g/mol. The number of hydrogen-bond acceptors (Lipinski definition) is 3. The van der Waals surface area contributed by atoms with Crippen LogP contribution in [-0.4, -0.2) is 24.1 Å². The zero-order valence-corrected chi connectivity index (χ0v) is 15.1.